The first-order chi connectivity index (χ1) is 9.51. The van der Waals surface area contributed by atoms with E-state index in [9.17, 15) is 0 Å². The molecule has 0 saturated carbocycles. The van der Waals surface area contributed by atoms with Gasteiger partial charge in [-0.25, -0.2) is 0 Å². The highest BCUT2D eigenvalue weighted by atomic mass is 16.5. The van der Waals surface area contributed by atoms with Crippen molar-refractivity contribution < 1.29 is 9.47 Å². The quantitative estimate of drug-likeness (QED) is 0.700. The number of hydrogen-bond donors (Lipinski definition) is 1. The Morgan fingerprint density at radius 2 is 1.80 bits per heavy atom. The normalized spacial score (nSPS) is 13.2. The second kappa shape index (κ2) is 8.98. The first-order valence-corrected chi connectivity index (χ1v) is 7.56. The Morgan fingerprint density at radius 1 is 1.10 bits per heavy atom. The highest BCUT2D eigenvalue weighted by Crippen LogP contribution is 2.09. The molecule has 0 bridgehead atoms. The van der Waals surface area contributed by atoms with Crippen molar-refractivity contribution in [3.63, 3.8) is 0 Å². The summed E-state index contributed by atoms with van der Waals surface area (Å²) in [6, 6.07) is 9.86. The predicted octanol–water partition coefficient (Wildman–Crippen LogP) is 3.64. The maximum atomic E-state index is 5.91. The second-order valence-corrected chi connectivity index (χ2v) is 6.07. The molecule has 0 radical (unpaired) electrons. The highest BCUT2D eigenvalue weighted by Gasteiger charge is 2.13. The molecular weight excluding hydrogens is 250 g/mol. The van der Waals surface area contributed by atoms with Crippen LogP contribution >= 0.6 is 0 Å². The Balaban J connectivity index is 2.21. The van der Waals surface area contributed by atoms with E-state index in [1.54, 1.807) is 0 Å². The minimum absolute atomic E-state index is 0.135. The van der Waals surface area contributed by atoms with Gasteiger partial charge in [0.1, 0.15) is 12.4 Å². The minimum atomic E-state index is 0.135. The molecule has 1 atom stereocenters. The lowest BCUT2D eigenvalue weighted by Gasteiger charge is -2.25. The number of ether oxygens (including phenoxy) is 2. The first-order valence-electron chi connectivity index (χ1n) is 7.56. The van der Waals surface area contributed by atoms with Gasteiger partial charge in [0.15, 0.2) is 0 Å². The Labute approximate surface area is 123 Å². The van der Waals surface area contributed by atoms with E-state index in [2.05, 4.69) is 33.0 Å². The van der Waals surface area contributed by atoms with Crippen LogP contribution in [0.15, 0.2) is 30.3 Å². The zero-order valence-electron chi connectivity index (χ0n) is 13.3. The van der Waals surface area contributed by atoms with Gasteiger partial charge in [0.2, 0.25) is 0 Å². The molecule has 0 aliphatic rings. The van der Waals surface area contributed by atoms with E-state index in [0.717, 1.165) is 25.1 Å². The molecule has 1 unspecified atom stereocenters. The van der Waals surface area contributed by atoms with E-state index in [-0.39, 0.29) is 11.6 Å². The molecule has 0 aliphatic heterocycles. The number of benzene rings is 1. The molecular formula is C17H29NO2. The summed E-state index contributed by atoms with van der Waals surface area (Å²) in [6.45, 7) is 10.8. The van der Waals surface area contributed by atoms with Crippen LogP contribution in [0.5, 0.6) is 5.75 Å². The fourth-order valence-corrected chi connectivity index (χ4v) is 1.88. The minimum Gasteiger partial charge on any atom is -0.491 e. The Hall–Kier alpha value is -1.06. The monoisotopic (exact) mass is 279 g/mol. The smallest absolute Gasteiger partial charge is 0.119 e. The van der Waals surface area contributed by atoms with Crippen molar-refractivity contribution in [2.75, 3.05) is 19.8 Å². The van der Waals surface area contributed by atoms with Gasteiger partial charge in [0.25, 0.3) is 0 Å². The largest absolute Gasteiger partial charge is 0.491 e. The highest BCUT2D eigenvalue weighted by molar-refractivity contribution is 5.20. The van der Waals surface area contributed by atoms with Gasteiger partial charge in [-0.15, -0.1) is 0 Å². The molecule has 1 rings (SSSR count). The van der Waals surface area contributed by atoms with Crippen molar-refractivity contribution in [3.05, 3.63) is 30.3 Å². The zero-order chi connectivity index (χ0) is 14.8. The van der Waals surface area contributed by atoms with Gasteiger partial charge in [0.05, 0.1) is 12.7 Å². The average Bonchev–Trinajstić information content (AvgIpc) is 2.41. The topological polar surface area (TPSA) is 30.5 Å². The standard InChI is InChI=1S/C17H29NO2/c1-5-9-16(14-18-17(2,3)4)20-13-12-19-15-10-7-6-8-11-15/h6-8,10-11,16,18H,5,9,12-14H2,1-4H3. The molecule has 1 N–H and O–H groups in total. The lowest BCUT2D eigenvalue weighted by molar-refractivity contribution is 0.0256. The van der Waals surface area contributed by atoms with Crippen LogP contribution in [0, 0.1) is 0 Å². The van der Waals surface area contributed by atoms with Crippen LogP contribution in [0.3, 0.4) is 0 Å². The van der Waals surface area contributed by atoms with Crippen LogP contribution in [0.1, 0.15) is 40.5 Å². The number of rotatable bonds is 9. The summed E-state index contributed by atoms with van der Waals surface area (Å²) in [6.07, 6.45) is 2.48. The van der Waals surface area contributed by atoms with Crippen LogP contribution < -0.4 is 10.1 Å². The summed E-state index contributed by atoms with van der Waals surface area (Å²) in [7, 11) is 0. The molecule has 0 fully saturated rings. The Kier molecular flexibility index (Phi) is 7.63. The lowest BCUT2D eigenvalue weighted by atomic mass is 10.1. The summed E-state index contributed by atoms with van der Waals surface area (Å²) < 4.78 is 11.5. The molecule has 0 amide bonds. The third kappa shape index (κ3) is 8.18. The molecule has 1 aromatic rings. The number of nitrogens with one attached hydrogen (secondary N) is 1. The SMILES string of the molecule is CCCC(CNC(C)(C)C)OCCOc1ccccc1. The summed E-state index contributed by atoms with van der Waals surface area (Å²) in [5, 5.41) is 3.50. The fourth-order valence-electron chi connectivity index (χ4n) is 1.88. The molecule has 0 aliphatic carbocycles. The van der Waals surface area contributed by atoms with Crippen LogP contribution in [0.4, 0.5) is 0 Å². The van der Waals surface area contributed by atoms with Crippen LogP contribution in [-0.4, -0.2) is 31.4 Å². The predicted molar refractivity (Wildman–Crippen MR) is 84.3 cm³/mol. The molecule has 3 nitrogen and oxygen atoms in total. The van der Waals surface area contributed by atoms with Gasteiger partial charge in [-0.2, -0.15) is 0 Å². The van der Waals surface area contributed by atoms with Gasteiger partial charge < -0.3 is 14.8 Å². The molecule has 0 spiro atoms. The van der Waals surface area contributed by atoms with E-state index in [1.807, 2.05) is 30.3 Å². The summed E-state index contributed by atoms with van der Waals surface area (Å²) >= 11 is 0. The van der Waals surface area contributed by atoms with Crippen molar-refractivity contribution >= 4 is 0 Å². The van der Waals surface area contributed by atoms with Crippen LogP contribution in [0.2, 0.25) is 0 Å². The summed E-state index contributed by atoms with van der Waals surface area (Å²) in [5.41, 5.74) is 0.135. The Morgan fingerprint density at radius 3 is 2.40 bits per heavy atom. The molecule has 0 saturated heterocycles. The van der Waals surface area contributed by atoms with E-state index in [1.165, 1.54) is 0 Å². The van der Waals surface area contributed by atoms with Gasteiger partial charge in [-0.1, -0.05) is 31.5 Å². The third-order valence-electron chi connectivity index (χ3n) is 2.92. The first kappa shape index (κ1) is 17.0. The maximum Gasteiger partial charge on any atom is 0.119 e. The van der Waals surface area contributed by atoms with Crippen molar-refractivity contribution in [3.8, 4) is 5.75 Å². The van der Waals surface area contributed by atoms with Gasteiger partial charge in [-0.05, 0) is 39.3 Å². The van der Waals surface area contributed by atoms with Gasteiger partial charge in [-0.3, -0.25) is 0 Å². The molecule has 1 aromatic carbocycles. The van der Waals surface area contributed by atoms with Crippen molar-refractivity contribution in [1.82, 2.24) is 5.32 Å². The van der Waals surface area contributed by atoms with E-state index < -0.39 is 0 Å². The van der Waals surface area contributed by atoms with Crippen molar-refractivity contribution in [1.29, 1.82) is 0 Å². The third-order valence-corrected chi connectivity index (χ3v) is 2.92. The molecule has 0 heterocycles. The zero-order valence-corrected chi connectivity index (χ0v) is 13.3. The van der Waals surface area contributed by atoms with Crippen molar-refractivity contribution in [2.45, 2.75) is 52.2 Å². The number of hydrogen-bond acceptors (Lipinski definition) is 3. The number of para-hydroxylation sites is 1. The van der Waals surface area contributed by atoms with Gasteiger partial charge in [0, 0.05) is 12.1 Å². The Bertz CT molecular complexity index is 346. The van der Waals surface area contributed by atoms with E-state index in [4.69, 9.17) is 9.47 Å². The molecule has 0 aromatic heterocycles. The van der Waals surface area contributed by atoms with E-state index >= 15 is 0 Å². The summed E-state index contributed by atoms with van der Waals surface area (Å²) in [4.78, 5) is 0. The molecule has 114 valence electrons. The van der Waals surface area contributed by atoms with Gasteiger partial charge >= 0.3 is 0 Å². The van der Waals surface area contributed by atoms with Crippen molar-refractivity contribution in [2.24, 2.45) is 0 Å². The maximum absolute atomic E-state index is 5.91. The summed E-state index contributed by atoms with van der Waals surface area (Å²) in [5.74, 6) is 0.899. The van der Waals surface area contributed by atoms with Crippen LogP contribution in [-0.2, 0) is 4.74 Å². The molecule has 3 heteroatoms. The van der Waals surface area contributed by atoms with Crippen LogP contribution in [0.25, 0.3) is 0 Å². The average molecular weight is 279 g/mol. The van der Waals surface area contributed by atoms with E-state index in [0.29, 0.717) is 13.2 Å². The molecule has 20 heavy (non-hydrogen) atoms. The lowest BCUT2D eigenvalue weighted by Crippen LogP contribution is -2.41. The second-order valence-electron chi connectivity index (χ2n) is 6.07. The fraction of sp³-hybridized carbons (Fsp3) is 0.647.